The number of aromatic nitrogens is 1. The Balaban J connectivity index is 2.27. The number of thioether (sulfide) groups is 2. The molecule has 1 aromatic rings. The van der Waals surface area contributed by atoms with Gasteiger partial charge in [0.05, 0.1) is 0 Å². The van der Waals surface area contributed by atoms with Crippen LogP contribution in [0.1, 0.15) is 37.9 Å². The van der Waals surface area contributed by atoms with Crippen LogP contribution in [0.2, 0.25) is 0 Å². The van der Waals surface area contributed by atoms with Crippen molar-refractivity contribution in [1.29, 1.82) is 0 Å². The minimum absolute atomic E-state index is 0.293. The fraction of sp³-hybridized carbons (Fsp3) is 0.667. The first kappa shape index (κ1) is 16.0. The first-order valence-electron chi connectivity index (χ1n) is 7.26. The van der Waals surface area contributed by atoms with Gasteiger partial charge in [0, 0.05) is 39.3 Å². The smallest absolute Gasteiger partial charge is 0.128 e. The molecular formula is C15H25N3S2. The monoisotopic (exact) mass is 311 g/mol. The van der Waals surface area contributed by atoms with Crippen LogP contribution >= 0.6 is 23.5 Å². The summed E-state index contributed by atoms with van der Waals surface area (Å²) in [4.78, 5) is 4.29. The minimum Gasteiger partial charge on any atom is -0.383 e. The number of hydrogen-bond donors (Lipinski definition) is 2. The largest absolute Gasteiger partial charge is 0.383 e. The third-order valence-corrected chi connectivity index (χ3v) is 7.41. The normalized spacial score (nSPS) is 28.3. The van der Waals surface area contributed by atoms with Crippen LogP contribution in [-0.2, 0) is 0 Å². The van der Waals surface area contributed by atoms with E-state index in [4.69, 9.17) is 5.73 Å². The molecule has 0 aliphatic carbocycles. The first-order chi connectivity index (χ1) is 9.54. The van der Waals surface area contributed by atoms with Crippen LogP contribution in [0.5, 0.6) is 0 Å². The zero-order valence-electron chi connectivity index (χ0n) is 12.7. The number of nitrogens with one attached hydrogen (secondary N) is 1. The predicted octanol–water partition coefficient (Wildman–Crippen LogP) is 3.25. The van der Waals surface area contributed by atoms with Gasteiger partial charge in [0.15, 0.2) is 0 Å². The zero-order chi connectivity index (χ0) is 14.7. The molecule has 20 heavy (non-hydrogen) atoms. The van der Waals surface area contributed by atoms with Crippen LogP contribution in [0.3, 0.4) is 0 Å². The molecule has 1 fully saturated rings. The van der Waals surface area contributed by atoms with Crippen LogP contribution in [0.15, 0.2) is 12.3 Å². The molecule has 3 nitrogen and oxygen atoms in total. The van der Waals surface area contributed by atoms with E-state index in [0.717, 1.165) is 11.8 Å². The van der Waals surface area contributed by atoms with Crippen LogP contribution in [-0.4, -0.2) is 33.0 Å². The molecule has 0 amide bonds. The average Bonchev–Trinajstić information content (AvgIpc) is 2.41. The van der Waals surface area contributed by atoms with E-state index < -0.39 is 0 Å². The number of nitrogens with two attached hydrogens (primary N) is 1. The standard InChI is InChI=1S/C15H25N3S2/c1-5-17-14(12-8-19-10(3)11(4)20-12)13-9(2)6-7-18-15(13)16/h6-7,10-12,14,17H,5,8H2,1-4H3,(H2,16,18). The molecule has 0 bridgehead atoms. The number of pyridine rings is 1. The molecule has 1 aliphatic heterocycles. The van der Waals surface area contributed by atoms with Gasteiger partial charge in [-0.1, -0.05) is 20.8 Å². The second-order valence-electron chi connectivity index (χ2n) is 5.38. The van der Waals surface area contributed by atoms with Gasteiger partial charge in [0.1, 0.15) is 5.82 Å². The Labute approximate surface area is 130 Å². The van der Waals surface area contributed by atoms with E-state index in [9.17, 15) is 0 Å². The van der Waals surface area contributed by atoms with Gasteiger partial charge < -0.3 is 11.1 Å². The number of anilines is 1. The van der Waals surface area contributed by atoms with Gasteiger partial charge in [0.25, 0.3) is 0 Å². The molecule has 5 heteroatoms. The Bertz CT molecular complexity index is 432. The van der Waals surface area contributed by atoms with Crippen LogP contribution in [0, 0.1) is 6.92 Å². The SMILES string of the molecule is CCNC(c1c(C)ccnc1N)C1CSC(C)C(C)S1. The number of nitrogens with zero attached hydrogens (tertiary/aromatic N) is 1. The van der Waals surface area contributed by atoms with Crippen molar-refractivity contribution in [1.82, 2.24) is 10.3 Å². The predicted molar refractivity (Wildman–Crippen MR) is 92.6 cm³/mol. The summed E-state index contributed by atoms with van der Waals surface area (Å²) in [6, 6.07) is 2.35. The van der Waals surface area contributed by atoms with Crippen LogP contribution in [0.25, 0.3) is 0 Å². The summed E-state index contributed by atoms with van der Waals surface area (Å²) < 4.78 is 0. The van der Waals surface area contributed by atoms with E-state index >= 15 is 0 Å². The summed E-state index contributed by atoms with van der Waals surface area (Å²) >= 11 is 4.16. The van der Waals surface area contributed by atoms with Gasteiger partial charge in [0.2, 0.25) is 0 Å². The number of hydrogen-bond acceptors (Lipinski definition) is 5. The molecule has 2 rings (SSSR count). The quantitative estimate of drug-likeness (QED) is 0.894. The second kappa shape index (κ2) is 7.05. The lowest BCUT2D eigenvalue weighted by Gasteiger charge is -2.37. The van der Waals surface area contributed by atoms with Gasteiger partial charge in [-0.3, -0.25) is 0 Å². The molecule has 3 N–H and O–H groups in total. The van der Waals surface area contributed by atoms with Crippen molar-refractivity contribution in [2.45, 2.75) is 49.5 Å². The van der Waals surface area contributed by atoms with E-state index in [1.807, 2.05) is 0 Å². The van der Waals surface area contributed by atoms with E-state index in [2.05, 4.69) is 67.6 Å². The Morgan fingerprint density at radius 3 is 2.80 bits per heavy atom. The first-order valence-corrected chi connectivity index (χ1v) is 9.25. The van der Waals surface area contributed by atoms with Gasteiger partial charge in [-0.2, -0.15) is 23.5 Å². The van der Waals surface area contributed by atoms with Gasteiger partial charge in [-0.05, 0) is 25.1 Å². The molecule has 0 radical (unpaired) electrons. The van der Waals surface area contributed by atoms with E-state index in [1.54, 1.807) is 6.20 Å². The van der Waals surface area contributed by atoms with Gasteiger partial charge >= 0.3 is 0 Å². The highest BCUT2D eigenvalue weighted by Crippen LogP contribution is 2.42. The number of aryl methyl sites for hydroxylation is 1. The molecule has 0 aromatic carbocycles. The highest BCUT2D eigenvalue weighted by molar-refractivity contribution is 8.07. The summed E-state index contributed by atoms with van der Waals surface area (Å²) in [7, 11) is 0. The van der Waals surface area contributed by atoms with Crippen molar-refractivity contribution in [3.63, 3.8) is 0 Å². The van der Waals surface area contributed by atoms with E-state index in [0.29, 0.717) is 22.4 Å². The molecule has 0 spiro atoms. The molecule has 1 aliphatic rings. The third kappa shape index (κ3) is 3.43. The zero-order valence-corrected chi connectivity index (χ0v) is 14.4. The van der Waals surface area contributed by atoms with Crippen molar-refractivity contribution < 1.29 is 0 Å². The topological polar surface area (TPSA) is 50.9 Å². The maximum Gasteiger partial charge on any atom is 0.128 e. The van der Waals surface area contributed by atoms with Crippen molar-refractivity contribution >= 4 is 29.3 Å². The highest BCUT2D eigenvalue weighted by Gasteiger charge is 2.33. The molecule has 0 saturated carbocycles. The lowest BCUT2D eigenvalue weighted by molar-refractivity contribution is 0.545. The fourth-order valence-electron chi connectivity index (χ4n) is 2.62. The molecular weight excluding hydrogens is 286 g/mol. The maximum absolute atomic E-state index is 6.15. The Morgan fingerprint density at radius 1 is 1.45 bits per heavy atom. The fourth-order valence-corrected chi connectivity index (χ4v) is 5.71. The summed E-state index contributed by atoms with van der Waals surface area (Å²) in [5.41, 5.74) is 8.58. The van der Waals surface area contributed by atoms with Crippen LogP contribution < -0.4 is 11.1 Å². The van der Waals surface area contributed by atoms with Crippen LogP contribution in [0.4, 0.5) is 5.82 Å². The van der Waals surface area contributed by atoms with E-state index in [-0.39, 0.29) is 0 Å². The summed E-state index contributed by atoms with van der Waals surface area (Å²) in [6.07, 6.45) is 1.80. The Kier molecular flexibility index (Phi) is 5.64. The summed E-state index contributed by atoms with van der Waals surface area (Å²) in [6.45, 7) is 9.89. The maximum atomic E-state index is 6.15. The lowest BCUT2D eigenvalue weighted by Crippen LogP contribution is -2.38. The molecule has 4 atom stereocenters. The second-order valence-corrected chi connectivity index (χ2v) is 8.41. The number of rotatable bonds is 4. The molecule has 2 heterocycles. The van der Waals surface area contributed by atoms with E-state index in [1.165, 1.54) is 16.9 Å². The Morgan fingerprint density at radius 2 is 2.20 bits per heavy atom. The third-order valence-electron chi connectivity index (χ3n) is 3.92. The molecule has 1 saturated heterocycles. The summed E-state index contributed by atoms with van der Waals surface area (Å²) in [5.74, 6) is 1.84. The van der Waals surface area contributed by atoms with Gasteiger partial charge in [-0.25, -0.2) is 4.98 Å². The average molecular weight is 312 g/mol. The minimum atomic E-state index is 0.293. The molecule has 1 aromatic heterocycles. The van der Waals surface area contributed by atoms with Crippen molar-refractivity contribution in [2.24, 2.45) is 0 Å². The molecule has 4 unspecified atom stereocenters. The van der Waals surface area contributed by atoms with Crippen molar-refractivity contribution in [3.05, 3.63) is 23.4 Å². The summed E-state index contributed by atoms with van der Waals surface area (Å²) in [5, 5.41) is 5.59. The Hall–Kier alpha value is -0.390. The molecule has 112 valence electrons. The number of nitrogen functional groups attached to an aromatic ring is 1. The van der Waals surface area contributed by atoms with Crippen molar-refractivity contribution in [2.75, 3.05) is 18.0 Å². The lowest BCUT2D eigenvalue weighted by atomic mass is 10.00. The van der Waals surface area contributed by atoms with Gasteiger partial charge in [-0.15, -0.1) is 0 Å². The van der Waals surface area contributed by atoms with Crippen molar-refractivity contribution in [3.8, 4) is 0 Å². The highest BCUT2D eigenvalue weighted by atomic mass is 32.2.